The normalized spacial score (nSPS) is 12.3. The molecule has 2 heteroatoms. The summed E-state index contributed by atoms with van der Waals surface area (Å²) in [5, 5.41) is 3.45. The molecule has 106 valence electrons. The smallest absolute Gasteiger partial charge is 0.126 e. The van der Waals surface area contributed by atoms with E-state index in [2.05, 4.69) is 43.4 Å². The van der Waals surface area contributed by atoms with Gasteiger partial charge in [-0.2, -0.15) is 0 Å². The zero-order valence-corrected chi connectivity index (χ0v) is 12.2. The lowest BCUT2D eigenvalue weighted by atomic mass is 9.98. The second-order valence-electron chi connectivity index (χ2n) is 5.24. The van der Waals surface area contributed by atoms with Gasteiger partial charge < -0.3 is 5.32 Å². The van der Waals surface area contributed by atoms with Gasteiger partial charge in [0.05, 0.1) is 0 Å². The lowest BCUT2D eigenvalue weighted by Crippen LogP contribution is -2.33. The van der Waals surface area contributed by atoms with Crippen LogP contribution in [-0.2, 0) is 12.8 Å². The van der Waals surface area contributed by atoms with Crippen LogP contribution in [0, 0.1) is 12.7 Å². The minimum absolute atomic E-state index is 0.112. The average Bonchev–Trinajstić information content (AvgIpc) is 2.44. The van der Waals surface area contributed by atoms with Gasteiger partial charge >= 0.3 is 0 Å². The van der Waals surface area contributed by atoms with Gasteiger partial charge in [-0.3, -0.25) is 0 Å². The van der Waals surface area contributed by atoms with Gasteiger partial charge in [0.1, 0.15) is 5.82 Å². The Labute approximate surface area is 120 Å². The predicted octanol–water partition coefficient (Wildman–Crippen LogP) is 3.90. The van der Waals surface area contributed by atoms with Gasteiger partial charge in [0, 0.05) is 6.04 Å². The number of aryl methyl sites for hydroxylation is 1. The Bertz CT molecular complexity index is 533. The molecule has 1 atom stereocenters. The monoisotopic (exact) mass is 271 g/mol. The fourth-order valence-corrected chi connectivity index (χ4v) is 2.44. The van der Waals surface area contributed by atoms with Crippen LogP contribution in [0.2, 0.25) is 0 Å². The first kappa shape index (κ1) is 14.7. The van der Waals surface area contributed by atoms with Crippen LogP contribution < -0.4 is 5.32 Å². The molecule has 1 unspecified atom stereocenters. The summed E-state index contributed by atoms with van der Waals surface area (Å²) in [6.07, 6.45) is 1.64. The molecule has 0 amide bonds. The summed E-state index contributed by atoms with van der Waals surface area (Å²) in [6.45, 7) is 5.07. The zero-order valence-electron chi connectivity index (χ0n) is 12.2. The number of likely N-dealkylation sites (N-methyl/N-ethyl adjacent to an activating group) is 1. The molecule has 2 aromatic carbocycles. The van der Waals surface area contributed by atoms with Gasteiger partial charge in [-0.25, -0.2) is 4.39 Å². The quantitative estimate of drug-likeness (QED) is 0.840. The van der Waals surface area contributed by atoms with Crippen molar-refractivity contribution in [3.8, 4) is 0 Å². The number of halogens is 1. The molecule has 1 nitrogen and oxygen atoms in total. The van der Waals surface area contributed by atoms with Gasteiger partial charge in [-0.1, -0.05) is 55.0 Å². The Morgan fingerprint density at radius 3 is 2.35 bits per heavy atom. The number of benzene rings is 2. The van der Waals surface area contributed by atoms with E-state index in [0.717, 1.165) is 18.5 Å². The molecule has 0 radical (unpaired) electrons. The maximum atomic E-state index is 13.8. The van der Waals surface area contributed by atoms with Gasteiger partial charge in [-0.05, 0) is 43.5 Å². The summed E-state index contributed by atoms with van der Waals surface area (Å²) < 4.78 is 13.8. The Kier molecular flexibility index (Phi) is 5.31. The highest BCUT2D eigenvalue weighted by molar-refractivity contribution is 5.23. The highest BCUT2D eigenvalue weighted by Gasteiger charge is 2.12. The minimum Gasteiger partial charge on any atom is -0.314 e. The molecule has 20 heavy (non-hydrogen) atoms. The van der Waals surface area contributed by atoms with Crippen molar-refractivity contribution in [1.82, 2.24) is 5.32 Å². The highest BCUT2D eigenvalue weighted by Crippen LogP contribution is 2.13. The van der Waals surface area contributed by atoms with E-state index in [1.165, 1.54) is 17.2 Å². The molecule has 0 heterocycles. The maximum absolute atomic E-state index is 13.8. The van der Waals surface area contributed by atoms with Crippen LogP contribution in [0.4, 0.5) is 4.39 Å². The van der Waals surface area contributed by atoms with Crippen LogP contribution in [0.3, 0.4) is 0 Å². The summed E-state index contributed by atoms with van der Waals surface area (Å²) in [6, 6.07) is 15.9. The summed E-state index contributed by atoms with van der Waals surface area (Å²) in [4.78, 5) is 0. The van der Waals surface area contributed by atoms with E-state index in [0.29, 0.717) is 6.42 Å². The Morgan fingerprint density at radius 1 is 1.00 bits per heavy atom. The topological polar surface area (TPSA) is 12.0 Å². The molecule has 1 N–H and O–H groups in total. The van der Waals surface area contributed by atoms with E-state index >= 15 is 0 Å². The van der Waals surface area contributed by atoms with Crippen LogP contribution in [0.15, 0.2) is 48.5 Å². The van der Waals surface area contributed by atoms with Gasteiger partial charge in [0.15, 0.2) is 0 Å². The van der Waals surface area contributed by atoms with Crippen molar-refractivity contribution in [3.63, 3.8) is 0 Å². The van der Waals surface area contributed by atoms with E-state index in [1.54, 1.807) is 6.07 Å². The summed E-state index contributed by atoms with van der Waals surface area (Å²) >= 11 is 0. The Balaban J connectivity index is 2.07. The molecular weight excluding hydrogens is 249 g/mol. The molecule has 2 rings (SSSR count). The molecule has 0 aliphatic rings. The summed E-state index contributed by atoms with van der Waals surface area (Å²) in [5.41, 5.74) is 3.34. The molecule has 0 bridgehead atoms. The van der Waals surface area contributed by atoms with E-state index in [-0.39, 0.29) is 11.9 Å². The first-order valence-electron chi connectivity index (χ1n) is 7.21. The standard InChI is InChI=1S/C18H22FN/c1-3-20-17(12-15-10-8-14(2)9-11-15)13-16-6-4-5-7-18(16)19/h4-11,17,20H,3,12-13H2,1-2H3. The van der Waals surface area contributed by atoms with E-state index < -0.39 is 0 Å². The van der Waals surface area contributed by atoms with Crippen LogP contribution in [0.1, 0.15) is 23.6 Å². The van der Waals surface area contributed by atoms with E-state index in [1.807, 2.05) is 12.1 Å². The number of hydrogen-bond acceptors (Lipinski definition) is 1. The number of hydrogen-bond donors (Lipinski definition) is 1. The van der Waals surface area contributed by atoms with Gasteiger partial charge in [-0.15, -0.1) is 0 Å². The average molecular weight is 271 g/mol. The predicted molar refractivity (Wildman–Crippen MR) is 82.5 cm³/mol. The van der Waals surface area contributed by atoms with Crippen LogP contribution in [-0.4, -0.2) is 12.6 Å². The summed E-state index contributed by atoms with van der Waals surface area (Å²) in [7, 11) is 0. The second kappa shape index (κ2) is 7.20. The number of nitrogens with one attached hydrogen (secondary N) is 1. The first-order valence-corrected chi connectivity index (χ1v) is 7.21. The first-order chi connectivity index (χ1) is 9.69. The molecule has 0 spiro atoms. The molecule has 0 aromatic heterocycles. The van der Waals surface area contributed by atoms with Crippen molar-refractivity contribution in [2.45, 2.75) is 32.7 Å². The van der Waals surface area contributed by atoms with E-state index in [4.69, 9.17) is 0 Å². The second-order valence-corrected chi connectivity index (χ2v) is 5.24. The third-order valence-corrected chi connectivity index (χ3v) is 3.52. The maximum Gasteiger partial charge on any atom is 0.126 e. The lowest BCUT2D eigenvalue weighted by molar-refractivity contribution is 0.506. The third kappa shape index (κ3) is 4.17. The fraction of sp³-hybridized carbons (Fsp3) is 0.333. The molecule has 0 saturated heterocycles. The molecule has 0 aliphatic heterocycles. The Hall–Kier alpha value is -1.67. The zero-order chi connectivity index (χ0) is 14.4. The minimum atomic E-state index is -0.112. The van der Waals surface area contributed by atoms with Crippen molar-refractivity contribution in [1.29, 1.82) is 0 Å². The van der Waals surface area contributed by atoms with Crippen molar-refractivity contribution < 1.29 is 4.39 Å². The van der Waals surface area contributed by atoms with Gasteiger partial charge in [0.2, 0.25) is 0 Å². The molecular formula is C18H22FN. The van der Waals surface area contributed by atoms with E-state index in [9.17, 15) is 4.39 Å². The van der Waals surface area contributed by atoms with Crippen molar-refractivity contribution in [2.75, 3.05) is 6.54 Å². The lowest BCUT2D eigenvalue weighted by Gasteiger charge is -2.18. The summed E-state index contributed by atoms with van der Waals surface area (Å²) in [5.74, 6) is -0.112. The van der Waals surface area contributed by atoms with Crippen molar-refractivity contribution in [3.05, 3.63) is 71.0 Å². The Morgan fingerprint density at radius 2 is 1.70 bits per heavy atom. The molecule has 0 fully saturated rings. The largest absolute Gasteiger partial charge is 0.314 e. The van der Waals surface area contributed by atoms with Crippen LogP contribution >= 0.6 is 0 Å². The molecule has 0 aliphatic carbocycles. The number of rotatable bonds is 6. The molecule has 0 saturated carbocycles. The van der Waals surface area contributed by atoms with Crippen LogP contribution in [0.25, 0.3) is 0 Å². The highest BCUT2D eigenvalue weighted by atomic mass is 19.1. The third-order valence-electron chi connectivity index (χ3n) is 3.52. The van der Waals surface area contributed by atoms with Gasteiger partial charge in [0.25, 0.3) is 0 Å². The fourth-order valence-electron chi connectivity index (χ4n) is 2.44. The molecule has 2 aromatic rings. The van der Waals surface area contributed by atoms with Crippen molar-refractivity contribution >= 4 is 0 Å². The van der Waals surface area contributed by atoms with Crippen molar-refractivity contribution in [2.24, 2.45) is 0 Å². The van der Waals surface area contributed by atoms with Crippen LogP contribution in [0.5, 0.6) is 0 Å². The SMILES string of the molecule is CCNC(Cc1ccc(C)cc1)Cc1ccccc1F.